The highest BCUT2D eigenvalue weighted by Gasteiger charge is 2.50. The van der Waals surface area contributed by atoms with Crippen molar-refractivity contribution in [2.24, 2.45) is 5.92 Å². The van der Waals surface area contributed by atoms with Crippen LogP contribution in [-0.4, -0.2) is 42.3 Å². The predicted octanol–water partition coefficient (Wildman–Crippen LogP) is 1.17. The Balaban J connectivity index is 1.52. The monoisotopic (exact) mass is 336 g/mol. The zero-order valence-electron chi connectivity index (χ0n) is 13.7. The first-order valence-electron chi connectivity index (χ1n) is 8.05. The Kier molecular flexibility index (Phi) is 6.57. The van der Waals surface area contributed by atoms with Gasteiger partial charge in [0.2, 0.25) is 0 Å². The van der Waals surface area contributed by atoms with Gasteiger partial charge in [-0.25, -0.2) is 4.79 Å². The van der Waals surface area contributed by atoms with Gasteiger partial charge in [0.1, 0.15) is 0 Å². The number of nitrogen functional groups attached to an aromatic ring is 1. The molecule has 0 radical (unpaired) electrons. The molecule has 24 heavy (non-hydrogen) atoms. The summed E-state index contributed by atoms with van der Waals surface area (Å²) >= 11 is 0. The van der Waals surface area contributed by atoms with Gasteiger partial charge in [0, 0.05) is 18.8 Å². The summed E-state index contributed by atoms with van der Waals surface area (Å²) in [5.74, 6) is -1.06. The van der Waals surface area contributed by atoms with Gasteiger partial charge in [-0.3, -0.25) is 4.79 Å². The minimum absolute atomic E-state index is 0.354. The molecule has 1 fully saturated rings. The van der Waals surface area contributed by atoms with Crippen LogP contribution in [0.5, 0.6) is 0 Å². The molecule has 1 aromatic carbocycles. The molecular formula is C17H24N2O5. The molecule has 0 spiro atoms. The fourth-order valence-electron chi connectivity index (χ4n) is 2.34. The Morgan fingerprint density at radius 1 is 1.38 bits per heavy atom. The number of hydrogen-bond acceptors (Lipinski definition) is 5. The maximum atomic E-state index is 11.6. The Morgan fingerprint density at radius 2 is 2.17 bits per heavy atom. The molecule has 1 aliphatic rings. The highest BCUT2D eigenvalue weighted by atomic mass is 16.6. The Labute approximate surface area is 141 Å². The van der Waals surface area contributed by atoms with Gasteiger partial charge < -0.3 is 25.6 Å². The van der Waals surface area contributed by atoms with Crippen molar-refractivity contribution in [1.82, 2.24) is 5.32 Å². The minimum atomic E-state index is -1.10. The van der Waals surface area contributed by atoms with Crippen molar-refractivity contribution in [2.75, 3.05) is 18.9 Å². The summed E-state index contributed by atoms with van der Waals surface area (Å²) in [6.07, 6.45) is -0.129. The number of carboxylic acids is 1. The van der Waals surface area contributed by atoms with Crippen molar-refractivity contribution in [3.63, 3.8) is 0 Å². The number of hydrogen-bond donors (Lipinski definition) is 3. The molecule has 1 heterocycles. The highest BCUT2D eigenvalue weighted by Crippen LogP contribution is 2.22. The predicted molar refractivity (Wildman–Crippen MR) is 88.2 cm³/mol. The number of amides is 1. The van der Waals surface area contributed by atoms with E-state index >= 15 is 0 Å². The molecule has 1 aromatic rings. The summed E-state index contributed by atoms with van der Waals surface area (Å²) in [4.78, 5) is 22.2. The maximum absolute atomic E-state index is 11.6. The fourth-order valence-corrected chi connectivity index (χ4v) is 2.34. The standard InChI is InChI=1S/C17H24N2O5/c1-11(5-7-19-16(20)14-15(24-14)17(21)22)6-8-23-10-12-3-2-4-13(18)9-12/h2-4,9,11,14-15H,5-8,10,18H2,1H3,(H,19,20)(H,21,22)/t11-,14-,15-/m0/s1. The third-order valence-electron chi connectivity index (χ3n) is 3.90. The number of carbonyl (C=O) groups excluding carboxylic acids is 1. The van der Waals surface area contributed by atoms with Crippen LogP contribution in [0.15, 0.2) is 24.3 Å². The van der Waals surface area contributed by atoms with Gasteiger partial charge in [0.15, 0.2) is 12.2 Å². The molecule has 7 nitrogen and oxygen atoms in total. The first-order valence-corrected chi connectivity index (χ1v) is 8.05. The summed E-state index contributed by atoms with van der Waals surface area (Å²) in [7, 11) is 0. The van der Waals surface area contributed by atoms with Gasteiger partial charge in [-0.1, -0.05) is 19.1 Å². The molecule has 0 bridgehead atoms. The van der Waals surface area contributed by atoms with E-state index in [0.29, 0.717) is 25.7 Å². The minimum Gasteiger partial charge on any atom is -0.479 e. The molecule has 1 aliphatic heterocycles. The van der Waals surface area contributed by atoms with Gasteiger partial charge in [0.05, 0.1) is 6.61 Å². The van der Waals surface area contributed by atoms with Crippen LogP contribution in [0.4, 0.5) is 5.69 Å². The van der Waals surface area contributed by atoms with E-state index in [1.807, 2.05) is 24.3 Å². The Bertz CT molecular complexity index is 578. The van der Waals surface area contributed by atoms with E-state index in [4.69, 9.17) is 20.3 Å². The van der Waals surface area contributed by atoms with Crippen molar-refractivity contribution in [1.29, 1.82) is 0 Å². The van der Waals surface area contributed by atoms with Gasteiger partial charge in [-0.05, 0) is 36.5 Å². The Morgan fingerprint density at radius 3 is 2.83 bits per heavy atom. The molecule has 0 unspecified atom stereocenters. The van der Waals surface area contributed by atoms with Crippen LogP contribution in [0.25, 0.3) is 0 Å². The molecule has 2 rings (SSSR count). The van der Waals surface area contributed by atoms with Crippen molar-refractivity contribution >= 4 is 17.6 Å². The van der Waals surface area contributed by atoms with E-state index in [1.54, 1.807) is 0 Å². The number of aliphatic carboxylic acids is 1. The van der Waals surface area contributed by atoms with Gasteiger partial charge in [0.25, 0.3) is 5.91 Å². The molecule has 1 amide bonds. The number of carboxylic acid groups (broad SMARTS) is 1. The number of benzene rings is 1. The van der Waals surface area contributed by atoms with Crippen LogP contribution in [0.3, 0.4) is 0 Å². The normalized spacial score (nSPS) is 20.4. The van der Waals surface area contributed by atoms with Gasteiger partial charge in [-0.2, -0.15) is 0 Å². The quantitative estimate of drug-likeness (QED) is 0.336. The third-order valence-corrected chi connectivity index (χ3v) is 3.90. The van der Waals surface area contributed by atoms with Crippen molar-refractivity contribution in [3.8, 4) is 0 Å². The molecule has 0 saturated carbocycles. The zero-order chi connectivity index (χ0) is 17.5. The summed E-state index contributed by atoms with van der Waals surface area (Å²) in [5.41, 5.74) is 7.48. The lowest BCUT2D eigenvalue weighted by molar-refractivity contribution is -0.138. The number of nitrogens with two attached hydrogens (primary N) is 1. The molecule has 7 heteroatoms. The molecule has 0 aliphatic carbocycles. The van der Waals surface area contributed by atoms with Crippen LogP contribution in [0.2, 0.25) is 0 Å². The molecular weight excluding hydrogens is 312 g/mol. The summed E-state index contributed by atoms with van der Waals surface area (Å²) < 4.78 is 10.4. The van der Waals surface area contributed by atoms with E-state index in [2.05, 4.69) is 12.2 Å². The fraction of sp³-hybridized carbons (Fsp3) is 0.529. The van der Waals surface area contributed by atoms with E-state index in [9.17, 15) is 9.59 Å². The number of rotatable bonds is 10. The van der Waals surface area contributed by atoms with Gasteiger partial charge >= 0.3 is 5.97 Å². The molecule has 1 saturated heterocycles. The summed E-state index contributed by atoms with van der Waals surface area (Å²) in [5, 5.41) is 11.4. The van der Waals surface area contributed by atoms with E-state index in [-0.39, 0.29) is 5.91 Å². The number of anilines is 1. The molecule has 0 aromatic heterocycles. The van der Waals surface area contributed by atoms with Crippen LogP contribution < -0.4 is 11.1 Å². The zero-order valence-corrected chi connectivity index (χ0v) is 13.7. The SMILES string of the molecule is C[C@@H](CCNC(=O)[C@H]1O[C@@H]1C(=O)O)CCOCc1cccc(N)c1. The topological polar surface area (TPSA) is 114 Å². The van der Waals surface area contributed by atoms with Crippen molar-refractivity contribution in [2.45, 2.75) is 38.6 Å². The third kappa shape index (κ3) is 5.82. The second-order valence-corrected chi connectivity index (χ2v) is 6.09. The van der Waals surface area contributed by atoms with E-state index in [1.165, 1.54) is 0 Å². The number of carbonyl (C=O) groups is 2. The van der Waals surface area contributed by atoms with E-state index < -0.39 is 18.2 Å². The molecule has 132 valence electrons. The van der Waals surface area contributed by atoms with E-state index in [0.717, 1.165) is 24.1 Å². The second-order valence-electron chi connectivity index (χ2n) is 6.09. The lowest BCUT2D eigenvalue weighted by Gasteiger charge is -2.12. The van der Waals surface area contributed by atoms with Crippen molar-refractivity contribution in [3.05, 3.63) is 29.8 Å². The van der Waals surface area contributed by atoms with Crippen LogP contribution in [-0.2, 0) is 25.7 Å². The number of epoxide rings is 1. The lowest BCUT2D eigenvalue weighted by Crippen LogP contribution is -2.31. The van der Waals surface area contributed by atoms with Crippen LogP contribution in [0, 0.1) is 5.92 Å². The Hall–Kier alpha value is -2.12. The molecule has 3 atom stereocenters. The second kappa shape index (κ2) is 8.65. The smallest absolute Gasteiger partial charge is 0.336 e. The largest absolute Gasteiger partial charge is 0.479 e. The number of ether oxygens (including phenoxy) is 2. The highest BCUT2D eigenvalue weighted by molar-refractivity contribution is 5.91. The van der Waals surface area contributed by atoms with Crippen LogP contribution >= 0.6 is 0 Å². The average Bonchev–Trinajstić information content (AvgIpc) is 3.32. The average molecular weight is 336 g/mol. The number of nitrogens with one attached hydrogen (secondary N) is 1. The summed E-state index contributed by atoms with van der Waals surface area (Å²) in [6.45, 7) is 3.76. The van der Waals surface area contributed by atoms with Gasteiger partial charge in [-0.15, -0.1) is 0 Å². The lowest BCUT2D eigenvalue weighted by atomic mass is 10.0. The summed E-state index contributed by atoms with van der Waals surface area (Å²) in [6, 6.07) is 7.60. The first kappa shape index (κ1) is 18.2. The first-order chi connectivity index (χ1) is 11.5. The molecule has 4 N–H and O–H groups in total. The van der Waals surface area contributed by atoms with Crippen molar-refractivity contribution < 1.29 is 24.2 Å². The van der Waals surface area contributed by atoms with Crippen LogP contribution in [0.1, 0.15) is 25.3 Å². The maximum Gasteiger partial charge on any atom is 0.336 e.